The fourth-order valence-electron chi connectivity index (χ4n) is 2.50. The van der Waals surface area contributed by atoms with Crippen LogP contribution in [0, 0.1) is 11.8 Å². The maximum absolute atomic E-state index is 9.41. The minimum absolute atomic E-state index is 0.220. The Morgan fingerprint density at radius 3 is 2.47 bits per heavy atom. The average molecular weight is 255 g/mol. The van der Waals surface area contributed by atoms with Gasteiger partial charge in [-0.3, -0.25) is 0 Å². The second kappa shape index (κ2) is 6.27. The maximum atomic E-state index is 9.41. The number of hydrogen-bond acceptors (Lipinski definition) is 2. The summed E-state index contributed by atoms with van der Waals surface area (Å²) in [6.45, 7) is 0.820. The third kappa shape index (κ3) is 3.62. The van der Waals surface area contributed by atoms with Crippen molar-refractivity contribution in [2.24, 2.45) is 11.8 Å². The molecule has 0 radical (unpaired) electrons. The first-order valence-corrected chi connectivity index (χ1v) is 6.66. The Labute approximate surface area is 108 Å². The van der Waals surface area contributed by atoms with Gasteiger partial charge < -0.3 is 9.84 Å². The van der Waals surface area contributed by atoms with Crippen molar-refractivity contribution >= 4 is 11.6 Å². The molecular weight excluding hydrogens is 236 g/mol. The fourth-order valence-corrected chi connectivity index (χ4v) is 2.63. The number of aliphatic hydroxyl groups is 1. The smallest absolute Gasteiger partial charge is 0.119 e. The highest BCUT2D eigenvalue weighted by atomic mass is 35.5. The molecule has 0 saturated heterocycles. The third-order valence-corrected chi connectivity index (χ3v) is 3.83. The summed E-state index contributed by atoms with van der Waals surface area (Å²) in [5.74, 6) is 1.73. The molecule has 2 rings (SSSR count). The van der Waals surface area contributed by atoms with Gasteiger partial charge in [-0.05, 0) is 43.0 Å². The molecule has 1 unspecified atom stereocenters. The lowest BCUT2D eigenvalue weighted by molar-refractivity contribution is 0.119. The third-order valence-electron chi connectivity index (χ3n) is 3.58. The van der Waals surface area contributed by atoms with Crippen molar-refractivity contribution < 1.29 is 9.84 Å². The number of hydrogen-bond donors (Lipinski definition) is 1. The zero-order chi connectivity index (χ0) is 12.1. The van der Waals surface area contributed by atoms with Crippen LogP contribution in [0.5, 0.6) is 5.75 Å². The van der Waals surface area contributed by atoms with E-state index in [1.54, 1.807) is 0 Å². The summed E-state index contributed by atoms with van der Waals surface area (Å²) in [5.41, 5.74) is 0. The van der Waals surface area contributed by atoms with Gasteiger partial charge in [0.15, 0.2) is 0 Å². The minimum atomic E-state index is 0.220. The molecule has 0 spiro atoms. The predicted octanol–water partition coefficient (Wildman–Crippen LogP) is 3.52. The molecule has 17 heavy (non-hydrogen) atoms. The summed E-state index contributed by atoms with van der Waals surface area (Å²) >= 11 is 5.81. The van der Waals surface area contributed by atoms with Crippen LogP contribution < -0.4 is 4.74 Å². The first-order valence-electron chi connectivity index (χ1n) is 6.29. The average Bonchev–Trinajstić information content (AvgIpc) is 2.86. The minimum Gasteiger partial charge on any atom is -0.493 e. The van der Waals surface area contributed by atoms with E-state index in [1.807, 2.05) is 24.3 Å². The topological polar surface area (TPSA) is 29.5 Å². The molecule has 3 heteroatoms. The van der Waals surface area contributed by atoms with Crippen LogP contribution >= 0.6 is 11.6 Å². The Balaban J connectivity index is 1.84. The summed E-state index contributed by atoms with van der Waals surface area (Å²) in [5, 5.41) is 10.1. The summed E-state index contributed by atoms with van der Waals surface area (Å²) in [6, 6.07) is 7.37. The predicted molar refractivity (Wildman–Crippen MR) is 69.5 cm³/mol. The molecular formula is C14H19ClO2. The van der Waals surface area contributed by atoms with Crippen molar-refractivity contribution in [2.75, 3.05) is 13.2 Å². The standard InChI is InChI=1S/C14H19ClO2/c15-13-5-7-14(8-6-13)17-10-12(9-16)11-3-1-2-4-11/h5-8,11-12,16H,1-4,9-10H2. The van der Waals surface area contributed by atoms with Gasteiger partial charge in [-0.25, -0.2) is 0 Å². The lowest BCUT2D eigenvalue weighted by Gasteiger charge is -2.21. The van der Waals surface area contributed by atoms with E-state index >= 15 is 0 Å². The molecule has 1 fully saturated rings. The lowest BCUT2D eigenvalue weighted by Crippen LogP contribution is -2.23. The van der Waals surface area contributed by atoms with Gasteiger partial charge in [0.1, 0.15) is 5.75 Å². The van der Waals surface area contributed by atoms with Crippen LogP contribution in [0.2, 0.25) is 5.02 Å². The van der Waals surface area contributed by atoms with Gasteiger partial charge in [0.05, 0.1) is 6.61 Å². The van der Waals surface area contributed by atoms with E-state index in [4.69, 9.17) is 16.3 Å². The van der Waals surface area contributed by atoms with Gasteiger partial charge >= 0.3 is 0 Å². The zero-order valence-electron chi connectivity index (χ0n) is 9.94. The molecule has 1 atom stereocenters. The number of rotatable bonds is 5. The number of ether oxygens (including phenoxy) is 1. The van der Waals surface area contributed by atoms with Gasteiger partial charge in [0.25, 0.3) is 0 Å². The normalized spacial score (nSPS) is 18.2. The molecule has 1 N–H and O–H groups in total. The lowest BCUT2D eigenvalue weighted by atomic mass is 9.92. The van der Waals surface area contributed by atoms with Crippen molar-refractivity contribution in [1.82, 2.24) is 0 Å². The molecule has 1 aliphatic rings. The Morgan fingerprint density at radius 2 is 1.88 bits per heavy atom. The van der Waals surface area contributed by atoms with Crippen LogP contribution in [0.25, 0.3) is 0 Å². The highest BCUT2D eigenvalue weighted by molar-refractivity contribution is 6.30. The zero-order valence-corrected chi connectivity index (χ0v) is 10.7. The van der Waals surface area contributed by atoms with Gasteiger partial charge in [0.2, 0.25) is 0 Å². The quantitative estimate of drug-likeness (QED) is 0.871. The number of benzene rings is 1. The van der Waals surface area contributed by atoms with Crippen molar-refractivity contribution in [3.8, 4) is 5.75 Å². The first-order chi connectivity index (χ1) is 8.29. The van der Waals surface area contributed by atoms with Gasteiger partial charge in [-0.1, -0.05) is 24.4 Å². The summed E-state index contributed by atoms with van der Waals surface area (Å²) < 4.78 is 5.71. The second-order valence-corrected chi connectivity index (χ2v) is 5.19. The van der Waals surface area contributed by atoms with Gasteiger partial charge in [-0.2, -0.15) is 0 Å². The Hall–Kier alpha value is -0.730. The fraction of sp³-hybridized carbons (Fsp3) is 0.571. The largest absolute Gasteiger partial charge is 0.493 e. The van der Waals surface area contributed by atoms with Crippen LogP contribution in [-0.4, -0.2) is 18.3 Å². The number of aliphatic hydroxyl groups excluding tert-OH is 1. The van der Waals surface area contributed by atoms with Gasteiger partial charge in [0, 0.05) is 17.5 Å². The maximum Gasteiger partial charge on any atom is 0.119 e. The van der Waals surface area contributed by atoms with Crippen LogP contribution in [0.3, 0.4) is 0 Å². The molecule has 0 amide bonds. The van der Waals surface area contributed by atoms with Crippen molar-refractivity contribution in [2.45, 2.75) is 25.7 Å². The van der Waals surface area contributed by atoms with Crippen molar-refractivity contribution in [1.29, 1.82) is 0 Å². The Bertz CT molecular complexity index is 331. The van der Waals surface area contributed by atoms with E-state index in [1.165, 1.54) is 25.7 Å². The molecule has 1 aromatic carbocycles. The van der Waals surface area contributed by atoms with Crippen LogP contribution in [-0.2, 0) is 0 Å². The monoisotopic (exact) mass is 254 g/mol. The molecule has 1 aliphatic carbocycles. The summed E-state index contributed by atoms with van der Waals surface area (Å²) in [4.78, 5) is 0. The van der Waals surface area contributed by atoms with E-state index in [9.17, 15) is 5.11 Å². The highest BCUT2D eigenvalue weighted by Gasteiger charge is 2.24. The van der Waals surface area contributed by atoms with Crippen LogP contribution in [0.1, 0.15) is 25.7 Å². The molecule has 1 saturated carbocycles. The van der Waals surface area contributed by atoms with E-state index < -0.39 is 0 Å². The SMILES string of the molecule is OCC(COc1ccc(Cl)cc1)C1CCCC1. The molecule has 94 valence electrons. The summed E-state index contributed by atoms with van der Waals surface area (Å²) in [7, 11) is 0. The molecule has 0 bridgehead atoms. The molecule has 0 aromatic heterocycles. The molecule has 2 nitrogen and oxygen atoms in total. The Morgan fingerprint density at radius 1 is 1.24 bits per heavy atom. The van der Waals surface area contributed by atoms with Gasteiger partial charge in [-0.15, -0.1) is 0 Å². The van der Waals surface area contributed by atoms with E-state index in [-0.39, 0.29) is 12.5 Å². The molecule has 0 heterocycles. The van der Waals surface area contributed by atoms with E-state index in [0.29, 0.717) is 17.5 Å². The van der Waals surface area contributed by atoms with E-state index in [0.717, 1.165) is 5.75 Å². The van der Waals surface area contributed by atoms with Crippen molar-refractivity contribution in [3.63, 3.8) is 0 Å². The Kier molecular flexibility index (Phi) is 4.69. The molecule has 1 aromatic rings. The van der Waals surface area contributed by atoms with Crippen LogP contribution in [0.4, 0.5) is 0 Å². The highest BCUT2D eigenvalue weighted by Crippen LogP contribution is 2.31. The van der Waals surface area contributed by atoms with Crippen molar-refractivity contribution in [3.05, 3.63) is 29.3 Å². The second-order valence-electron chi connectivity index (χ2n) is 4.75. The summed E-state index contributed by atoms with van der Waals surface area (Å²) in [6.07, 6.45) is 5.05. The first kappa shape index (κ1) is 12.7. The molecule has 0 aliphatic heterocycles. The number of halogens is 1. The van der Waals surface area contributed by atoms with E-state index in [2.05, 4.69) is 0 Å². The van der Waals surface area contributed by atoms with Crippen LogP contribution in [0.15, 0.2) is 24.3 Å².